The molecule has 1 fully saturated rings. The molecule has 1 aliphatic rings. The number of unbranched alkanes of at least 4 members (excludes halogenated alkanes) is 1. The first-order valence-electron chi connectivity index (χ1n) is 13.2. The summed E-state index contributed by atoms with van der Waals surface area (Å²) >= 11 is 0. The molecule has 0 aliphatic carbocycles. The molecular weight excluding hydrogens is 539 g/mol. The Morgan fingerprint density at radius 3 is 2.30 bits per heavy atom. The Hall–Kier alpha value is -3.54. The summed E-state index contributed by atoms with van der Waals surface area (Å²) in [6.45, 7) is 6.76. The molecule has 1 saturated heterocycles. The molecule has 0 radical (unpaired) electrons. The van der Waals surface area contributed by atoms with Gasteiger partial charge >= 0.3 is 13.7 Å². The summed E-state index contributed by atoms with van der Waals surface area (Å²) in [5.41, 5.74) is 0.595. The molecule has 0 spiro atoms. The molecule has 4 N–H and O–H groups in total. The topological polar surface area (TPSA) is 174 Å². The van der Waals surface area contributed by atoms with E-state index in [1.807, 2.05) is 26.8 Å². The lowest BCUT2D eigenvalue weighted by Gasteiger charge is -2.36. The highest BCUT2D eigenvalue weighted by Crippen LogP contribution is 2.35. The zero-order chi connectivity index (χ0) is 29.3. The Morgan fingerprint density at radius 2 is 1.70 bits per heavy atom. The second-order valence-corrected chi connectivity index (χ2v) is 11.5. The van der Waals surface area contributed by atoms with Gasteiger partial charge in [-0.05, 0) is 20.3 Å². The zero-order valence-electron chi connectivity index (χ0n) is 22.9. The van der Waals surface area contributed by atoms with Crippen molar-refractivity contribution in [1.29, 1.82) is 0 Å². The number of amides is 3. The summed E-state index contributed by atoms with van der Waals surface area (Å²) in [5.74, 6) is -0.783. The molecule has 13 nitrogen and oxygen atoms in total. The Bertz CT molecular complexity index is 1220. The fourth-order valence-corrected chi connectivity index (χ4v) is 4.75. The van der Waals surface area contributed by atoms with Crippen LogP contribution in [0.25, 0.3) is 11.4 Å². The van der Waals surface area contributed by atoms with Crippen LogP contribution in [0.3, 0.4) is 0 Å². The summed E-state index contributed by atoms with van der Waals surface area (Å²) in [6, 6.07) is 8.94. The van der Waals surface area contributed by atoms with Gasteiger partial charge in [-0.15, -0.1) is 0 Å². The largest absolute Gasteiger partial charge is 0.449 e. The van der Waals surface area contributed by atoms with Crippen LogP contribution in [0.2, 0.25) is 0 Å². The van der Waals surface area contributed by atoms with E-state index in [-0.39, 0.29) is 43.7 Å². The van der Waals surface area contributed by atoms with Crippen LogP contribution in [0.5, 0.6) is 0 Å². The molecule has 1 aromatic heterocycles. The van der Waals surface area contributed by atoms with Crippen LogP contribution in [-0.4, -0.2) is 98.5 Å². The highest BCUT2D eigenvalue weighted by atomic mass is 31.2. The Labute approximate surface area is 233 Å². The first-order chi connectivity index (χ1) is 19.0. The van der Waals surface area contributed by atoms with Crippen LogP contribution in [0.15, 0.2) is 36.4 Å². The van der Waals surface area contributed by atoms with Crippen molar-refractivity contribution in [3.63, 3.8) is 0 Å². The van der Waals surface area contributed by atoms with Gasteiger partial charge in [-0.3, -0.25) is 14.2 Å². The molecule has 0 bridgehead atoms. The van der Waals surface area contributed by atoms with Crippen LogP contribution < -0.4 is 10.6 Å². The standard InChI is InChI=1S/C26H37N6O7P/c1-4-5-15-39-26(35)32-13-11-31(12-14-32)25(34)21(17-40(36,37)38)29-24(33)20-16-22(27-18(2)3)30-23(28-20)19-9-7-6-8-10-19/h6-10,16,18,21H,4-5,11-15,17H2,1-3H3,(H,29,33)(H,27,28,30)(H2,36,37,38). The number of piperazine rings is 1. The van der Waals surface area contributed by atoms with E-state index in [9.17, 15) is 28.7 Å². The number of carbonyl (C=O) groups is 3. The number of nitrogens with one attached hydrogen (secondary N) is 2. The van der Waals surface area contributed by atoms with Gasteiger partial charge in [0, 0.05) is 43.9 Å². The molecule has 1 atom stereocenters. The molecule has 3 amide bonds. The molecule has 0 saturated carbocycles. The van der Waals surface area contributed by atoms with Gasteiger partial charge < -0.3 is 35.0 Å². The van der Waals surface area contributed by atoms with Gasteiger partial charge in [-0.2, -0.15) is 0 Å². The van der Waals surface area contributed by atoms with Crippen molar-refractivity contribution in [2.24, 2.45) is 0 Å². The smallest absolute Gasteiger partial charge is 0.409 e. The summed E-state index contributed by atoms with van der Waals surface area (Å²) in [6.07, 6.45) is 0.289. The maximum Gasteiger partial charge on any atom is 0.409 e. The summed E-state index contributed by atoms with van der Waals surface area (Å²) in [4.78, 5) is 69.8. The maximum absolute atomic E-state index is 13.3. The first-order valence-corrected chi connectivity index (χ1v) is 15.0. The van der Waals surface area contributed by atoms with Gasteiger partial charge in [-0.1, -0.05) is 43.7 Å². The Morgan fingerprint density at radius 1 is 1.05 bits per heavy atom. The van der Waals surface area contributed by atoms with Gasteiger partial charge in [0.25, 0.3) is 5.91 Å². The lowest BCUT2D eigenvalue weighted by atomic mass is 10.2. The molecule has 40 heavy (non-hydrogen) atoms. The molecule has 1 aromatic carbocycles. The summed E-state index contributed by atoms with van der Waals surface area (Å²) < 4.78 is 17.1. The number of aromatic nitrogens is 2. The second kappa shape index (κ2) is 14.2. The predicted molar refractivity (Wildman–Crippen MR) is 149 cm³/mol. The quantitative estimate of drug-likeness (QED) is 0.230. The van der Waals surface area contributed by atoms with Gasteiger partial charge in [0.05, 0.1) is 12.8 Å². The van der Waals surface area contributed by atoms with Crippen LogP contribution in [-0.2, 0) is 14.1 Å². The number of nitrogens with zero attached hydrogens (tertiary/aromatic N) is 4. The van der Waals surface area contributed by atoms with Gasteiger partial charge in [0.1, 0.15) is 17.6 Å². The molecule has 2 aromatic rings. The SMILES string of the molecule is CCCCOC(=O)N1CCN(C(=O)C(CP(=O)(O)O)NC(=O)c2cc(NC(C)C)nc(-c3ccccc3)n2)CC1. The molecule has 14 heteroatoms. The normalized spacial score (nSPS) is 14.6. The molecule has 2 heterocycles. The molecular formula is C26H37N6O7P. The van der Waals surface area contributed by atoms with E-state index in [0.717, 1.165) is 12.8 Å². The average molecular weight is 577 g/mol. The van der Waals surface area contributed by atoms with E-state index >= 15 is 0 Å². The number of hydrogen-bond acceptors (Lipinski definition) is 8. The summed E-state index contributed by atoms with van der Waals surface area (Å²) in [5, 5.41) is 5.60. The minimum atomic E-state index is -4.70. The van der Waals surface area contributed by atoms with E-state index in [1.165, 1.54) is 15.9 Å². The third kappa shape index (κ3) is 9.29. The van der Waals surface area contributed by atoms with E-state index in [0.29, 0.717) is 18.0 Å². The zero-order valence-corrected chi connectivity index (χ0v) is 23.8. The number of anilines is 1. The van der Waals surface area contributed by atoms with Crippen molar-refractivity contribution >= 4 is 31.3 Å². The Kier molecular flexibility index (Phi) is 11.0. The van der Waals surface area contributed by atoms with Crippen molar-refractivity contribution in [2.75, 3.05) is 44.3 Å². The van der Waals surface area contributed by atoms with E-state index in [1.54, 1.807) is 24.3 Å². The van der Waals surface area contributed by atoms with Crippen molar-refractivity contribution in [3.8, 4) is 11.4 Å². The Balaban J connectivity index is 1.77. The van der Waals surface area contributed by atoms with Gasteiger partial charge in [-0.25, -0.2) is 14.8 Å². The van der Waals surface area contributed by atoms with Gasteiger partial charge in [0.2, 0.25) is 5.91 Å². The number of ether oxygens (including phenoxy) is 1. The minimum Gasteiger partial charge on any atom is -0.449 e. The van der Waals surface area contributed by atoms with Crippen molar-refractivity contribution in [1.82, 2.24) is 25.1 Å². The molecule has 3 rings (SSSR count). The monoisotopic (exact) mass is 576 g/mol. The van der Waals surface area contributed by atoms with Crippen molar-refractivity contribution in [3.05, 3.63) is 42.1 Å². The highest BCUT2D eigenvalue weighted by molar-refractivity contribution is 7.51. The molecule has 1 unspecified atom stereocenters. The van der Waals surface area contributed by atoms with Crippen molar-refractivity contribution < 1.29 is 33.5 Å². The second-order valence-electron chi connectivity index (χ2n) is 9.78. The van der Waals surface area contributed by atoms with Gasteiger partial charge in [0.15, 0.2) is 5.82 Å². The number of hydrogen-bond donors (Lipinski definition) is 4. The highest BCUT2D eigenvalue weighted by Gasteiger charge is 2.35. The third-order valence-corrected chi connectivity index (χ3v) is 6.86. The minimum absolute atomic E-state index is 0.000937. The van der Waals surface area contributed by atoms with Crippen LogP contribution in [0.4, 0.5) is 10.6 Å². The maximum atomic E-state index is 13.3. The van der Waals surface area contributed by atoms with E-state index in [4.69, 9.17) is 4.74 Å². The van der Waals surface area contributed by atoms with Crippen molar-refractivity contribution in [2.45, 2.75) is 45.7 Å². The fraction of sp³-hybridized carbons (Fsp3) is 0.500. The number of carbonyl (C=O) groups excluding carboxylic acids is 3. The van der Waals surface area contributed by atoms with E-state index in [2.05, 4.69) is 20.6 Å². The van der Waals surface area contributed by atoms with Crippen LogP contribution in [0, 0.1) is 0 Å². The summed E-state index contributed by atoms with van der Waals surface area (Å²) in [7, 11) is -4.70. The number of benzene rings is 1. The lowest BCUT2D eigenvalue weighted by Crippen LogP contribution is -2.56. The third-order valence-electron chi connectivity index (χ3n) is 6.02. The average Bonchev–Trinajstić information content (AvgIpc) is 2.91. The molecule has 1 aliphatic heterocycles. The fourth-order valence-electron chi connectivity index (χ4n) is 4.03. The van der Waals surface area contributed by atoms with E-state index < -0.39 is 37.7 Å². The number of rotatable bonds is 11. The lowest BCUT2D eigenvalue weighted by molar-refractivity contribution is -0.134. The van der Waals surface area contributed by atoms with Crippen LogP contribution in [0.1, 0.15) is 44.1 Å². The molecule has 218 valence electrons. The van der Waals surface area contributed by atoms with Crippen LogP contribution >= 0.6 is 7.60 Å². The predicted octanol–water partition coefficient (Wildman–Crippen LogP) is 2.32. The first kappa shape index (κ1) is 31.0.